The van der Waals surface area contributed by atoms with Crippen molar-refractivity contribution in [1.29, 1.82) is 0 Å². The van der Waals surface area contributed by atoms with Crippen LogP contribution >= 0.6 is 24.8 Å². The van der Waals surface area contributed by atoms with Crippen LogP contribution in [0.1, 0.15) is 38.3 Å². The Hall–Kier alpha value is -0.810. The van der Waals surface area contributed by atoms with Crippen molar-refractivity contribution in [3.63, 3.8) is 0 Å². The van der Waals surface area contributed by atoms with Gasteiger partial charge in [-0.1, -0.05) is 45.0 Å². The zero-order valence-electron chi connectivity index (χ0n) is 13.7. The third-order valence-electron chi connectivity index (χ3n) is 3.57. The van der Waals surface area contributed by atoms with E-state index in [-0.39, 0.29) is 30.7 Å². The lowest BCUT2D eigenvalue weighted by molar-refractivity contribution is -0.122. The number of hydrogen-bond donors (Lipinski definition) is 2. The van der Waals surface area contributed by atoms with Gasteiger partial charge in [0.25, 0.3) is 0 Å². The van der Waals surface area contributed by atoms with E-state index < -0.39 is 6.04 Å². The molecule has 1 rings (SSSR count). The van der Waals surface area contributed by atoms with E-state index in [0.717, 1.165) is 25.2 Å². The maximum absolute atomic E-state index is 11.6. The highest BCUT2D eigenvalue weighted by Crippen LogP contribution is 2.07. The Balaban J connectivity index is 0. The molecule has 3 N–H and O–H groups in total. The van der Waals surface area contributed by atoms with E-state index in [2.05, 4.69) is 48.3 Å². The molecule has 0 unspecified atom stereocenters. The minimum atomic E-state index is -0.406. The fraction of sp³-hybridized carbons (Fsp3) is 0.562. The molecule has 0 aromatic heterocycles. The highest BCUT2D eigenvalue weighted by atomic mass is 35.5. The summed E-state index contributed by atoms with van der Waals surface area (Å²) < 4.78 is 0. The standard InChI is InChI=1S/C16H27N3O.2ClH/c1-4-15(17)16(20)18-11-13-7-9-14(10-8-13)12-19(5-2)6-3;;/h7-10,15H,4-6,11-12,17H2,1-3H3,(H,18,20);2*1H/t15-;;/m0../s1. The second kappa shape index (κ2) is 12.7. The second-order valence-electron chi connectivity index (χ2n) is 5.01. The lowest BCUT2D eigenvalue weighted by Crippen LogP contribution is -2.39. The summed E-state index contributed by atoms with van der Waals surface area (Å²) in [5, 5.41) is 2.86. The maximum Gasteiger partial charge on any atom is 0.237 e. The highest BCUT2D eigenvalue weighted by molar-refractivity contribution is 5.85. The van der Waals surface area contributed by atoms with Crippen LogP contribution in [0.15, 0.2) is 24.3 Å². The van der Waals surface area contributed by atoms with Crippen molar-refractivity contribution in [2.24, 2.45) is 5.73 Å². The first-order valence-electron chi connectivity index (χ1n) is 7.44. The average Bonchev–Trinajstić information content (AvgIpc) is 2.50. The molecule has 0 saturated heterocycles. The van der Waals surface area contributed by atoms with Crippen LogP contribution in [0.2, 0.25) is 0 Å². The van der Waals surface area contributed by atoms with Crippen LogP contribution in [0.3, 0.4) is 0 Å². The summed E-state index contributed by atoms with van der Waals surface area (Å²) in [6.45, 7) is 9.88. The number of nitrogens with zero attached hydrogens (tertiary/aromatic N) is 1. The SMILES string of the molecule is CC[C@H](N)C(=O)NCc1ccc(CN(CC)CC)cc1.Cl.Cl. The van der Waals surface area contributed by atoms with Crippen molar-refractivity contribution in [2.45, 2.75) is 46.3 Å². The van der Waals surface area contributed by atoms with Gasteiger partial charge in [0.15, 0.2) is 0 Å². The van der Waals surface area contributed by atoms with E-state index in [1.807, 2.05) is 6.92 Å². The number of halogens is 2. The quantitative estimate of drug-likeness (QED) is 0.758. The number of hydrogen-bond acceptors (Lipinski definition) is 3. The molecule has 0 radical (unpaired) electrons. The first-order chi connectivity index (χ1) is 9.60. The van der Waals surface area contributed by atoms with Crippen LogP contribution < -0.4 is 11.1 Å². The Bertz CT molecular complexity index is 408. The molecule has 4 nitrogen and oxygen atoms in total. The molecular weight excluding hydrogens is 321 g/mol. The Morgan fingerprint density at radius 3 is 2.05 bits per heavy atom. The Morgan fingerprint density at radius 2 is 1.59 bits per heavy atom. The van der Waals surface area contributed by atoms with Gasteiger partial charge in [-0.15, -0.1) is 24.8 Å². The second-order valence-corrected chi connectivity index (χ2v) is 5.01. The first-order valence-corrected chi connectivity index (χ1v) is 7.44. The van der Waals surface area contributed by atoms with Crippen LogP contribution in [0.5, 0.6) is 0 Å². The van der Waals surface area contributed by atoms with Crippen molar-refractivity contribution >= 4 is 30.7 Å². The van der Waals surface area contributed by atoms with E-state index in [1.54, 1.807) is 0 Å². The lowest BCUT2D eigenvalue weighted by Gasteiger charge is -2.18. The Kier molecular flexibility index (Phi) is 13.5. The zero-order chi connectivity index (χ0) is 15.0. The summed E-state index contributed by atoms with van der Waals surface area (Å²) in [6.07, 6.45) is 0.661. The molecule has 0 spiro atoms. The van der Waals surface area contributed by atoms with Gasteiger partial charge in [0.05, 0.1) is 6.04 Å². The first kappa shape index (κ1) is 23.5. The fourth-order valence-electron chi connectivity index (χ4n) is 1.97. The molecule has 1 amide bonds. The predicted octanol–water partition coefficient (Wildman–Crippen LogP) is 2.73. The van der Waals surface area contributed by atoms with Gasteiger partial charge in [0.2, 0.25) is 5.91 Å². The van der Waals surface area contributed by atoms with E-state index in [0.29, 0.717) is 13.0 Å². The molecule has 0 heterocycles. The van der Waals surface area contributed by atoms with Crippen LogP contribution in [-0.4, -0.2) is 29.9 Å². The minimum absolute atomic E-state index is 0. The molecule has 0 aliphatic carbocycles. The minimum Gasteiger partial charge on any atom is -0.351 e. The molecule has 0 saturated carbocycles. The molecule has 128 valence electrons. The smallest absolute Gasteiger partial charge is 0.237 e. The molecule has 0 aliphatic heterocycles. The van der Waals surface area contributed by atoms with Crippen LogP contribution in [0.4, 0.5) is 0 Å². The van der Waals surface area contributed by atoms with Gasteiger partial charge in [0, 0.05) is 13.1 Å². The molecule has 1 aromatic rings. The molecule has 22 heavy (non-hydrogen) atoms. The van der Waals surface area contributed by atoms with Gasteiger partial charge in [-0.3, -0.25) is 9.69 Å². The van der Waals surface area contributed by atoms with E-state index in [4.69, 9.17) is 5.73 Å². The average molecular weight is 350 g/mol. The fourth-order valence-corrected chi connectivity index (χ4v) is 1.97. The van der Waals surface area contributed by atoms with E-state index >= 15 is 0 Å². The monoisotopic (exact) mass is 349 g/mol. The molecule has 0 aliphatic rings. The van der Waals surface area contributed by atoms with Crippen LogP contribution in [0, 0.1) is 0 Å². The summed E-state index contributed by atoms with van der Waals surface area (Å²) in [5.74, 6) is -0.0836. The van der Waals surface area contributed by atoms with Crippen molar-refractivity contribution in [1.82, 2.24) is 10.2 Å². The number of rotatable bonds is 8. The number of nitrogens with two attached hydrogens (primary N) is 1. The van der Waals surface area contributed by atoms with Gasteiger partial charge < -0.3 is 11.1 Å². The summed E-state index contributed by atoms with van der Waals surface area (Å²) in [6, 6.07) is 7.98. The van der Waals surface area contributed by atoms with Gasteiger partial charge in [0.1, 0.15) is 0 Å². The molecular formula is C16H29Cl2N3O. The van der Waals surface area contributed by atoms with Crippen molar-refractivity contribution in [3.8, 4) is 0 Å². The topological polar surface area (TPSA) is 58.4 Å². The summed E-state index contributed by atoms with van der Waals surface area (Å²) in [5.41, 5.74) is 8.07. The van der Waals surface area contributed by atoms with Crippen LogP contribution in [-0.2, 0) is 17.9 Å². The van der Waals surface area contributed by atoms with Gasteiger partial charge in [-0.05, 0) is 30.6 Å². The number of carbonyl (C=O) groups excluding carboxylic acids is 1. The maximum atomic E-state index is 11.6. The van der Waals surface area contributed by atoms with Crippen molar-refractivity contribution in [3.05, 3.63) is 35.4 Å². The third-order valence-corrected chi connectivity index (χ3v) is 3.57. The zero-order valence-corrected chi connectivity index (χ0v) is 15.3. The van der Waals surface area contributed by atoms with Gasteiger partial charge in [-0.2, -0.15) is 0 Å². The summed E-state index contributed by atoms with van der Waals surface area (Å²) in [7, 11) is 0. The normalized spacial score (nSPS) is 11.3. The van der Waals surface area contributed by atoms with Crippen molar-refractivity contribution in [2.75, 3.05) is 13.1 Å². The predicted molar refractivity (Wildman–Crippen MR) is 97.7 cm³/mol. The number of amides is 1. The Labute approximate surface area is 146 Å². The Morgan fingerprint density at radius 1 is 1.09 bits per heavy atom. The van der Waals surface area contributed by atoms with E-state index in [1.165, 1.54) is 5.56 Å². The number of nitrogens with one attached hydrogen (secondary N) is 1. The van der Waals surface area contributed by atoms with Gasteiger partial charge >= 0.3 is 0 Å². The molecule has 1 aromatic carbocycles. The number of carbonyl (C=O) groups is 1. The summed E-state index contributed by atoms with van der Waals surface area (Å²) in [4.78, 5) is 14.0. The molecule has 0 bridgehead atoms. The third kappa shape index (κ3) is 7.99. The van der Waals surface area contributed by atoms with Crippen LogP contribution in [0.25, 0.3) is 0 Å². The molecule has 6 heteroatoms. The lowest BCUT2D eigenvalue weighted by atomic mass is 10.1. The van der Waals surface area contributed by atoms with Crippen molar-refractivity contribution < 1.29 is 4.79 Å². The molecule has 0 fully saturated rings. The largest absolute Gasteiger partial charge is 0.351 e. The molecule has 1 atom stereocenters. The van der Waals surface area contributed by atoms with E-state index in [9.17, 15) is 4.79 Å². The summed E-state index contributed by atoms with van der Waals surface area (Å²) >= 11 is 0. The van der Waals surface area contributed by atoms with Gasteiger partial charge in [-0.25, -0.2) is 0 Å². The number of benzene rings is 1. The highest BCUT2D eigenvalue weighted by Gasteiger charge is 2.09.